The van der Waals surface area contributed by atoms with E-state index >= 15 is 0 Å². The number of methoxy groups -OCH3 is 1. The molecule has 156 valence electrons. The first kappa shape index (κ1) is 20.1. The summed E-state index contributed by atoms with van der Waals surface area (Å²) in [4.78, 5) is 27.6. The molecule has 0 radical (unpaired) electrons. The van der Waals surface area contributed by atoms with Gasteiger partial charge in [0.25, 0.3) is 5.91 Å². The van der Waals surface area contributed by atoms with Gasteiger partial charge in [-0.25, -0.2) is 8.78 Å². The number of carbonyl (C=O) groups is 1. The van der Waals surface area contributed by atoms with Gasteiger partial charge >= 0.3 is 0 Å². The summed E-state index contributed by atoms with van der Waals surface area (Å²) in [7, 11) is 1.56. The highest BCUT2D eigenvalue weighted by Gasteiger charge is 2.25. The highest BCUT2D eigenvalue weighted by Crippen LogP contribution is 2.22. The lowest BCUT2D eigenvalue weighted by atomic mass is 10.1. The summed E-state index contributed by atoms with van der Waals surface area (Å²) in [6.07, 6.45) is 4.11. The van der Waals surface area contributed by atoms with Crippen LogP contribution in [0.4, 0.5) is 8.78 Å². The molecule has 4 rings (SSSR count). The number of hydrogen-bond donors (Lipinski definition) is 0. The van der Waals surface area contributed by atoms with Crippen molar-refractivity contribution in [2.24, 2.45) is 0 Å². The lowest BCUT2D eigenvalue weighted by Gasteiger charge is -2.27. The van der Waals surface area contributed by atoms with Crippen LogP contribution >= 0.6 is 0 Å². The second kappa shape index (κ2) is 8.26. The molecule has 1 aromatic heterocycles. The van der Waals surface area contributed by atoms with Gasteiger partial charge in [0.15, 0.2) is 0 Å². The van der Waals surface area contributed by atoms with Gasteiger partial charge in [-0.15, -0.1) is 0 Å². The van der Waals surface area contributed by atoms with Crippen LogP contribution in [0.5, 0.6) is 5.75 Å². The molecule has 0 atom stereocenters. The number of carbonyl (C=O) groups excluding carboxylic acids is 1. The monoisotopic (exact) mass is 412 g/mol. The average Bonchev–Trinajstić information content (AvgIpc) is 2.78. The van der Waals surface area contributed by atoms with Crippen molar-refractivity contribution in [3.8, 4) is 5.75 Å². The van der Waals surface area contributed by atoms with Gasteiger partial charge in [0.1, 0.15) is 22.9 Å². The van der Waals surface area contributed by atoms with Gasteiger partial charge < -0.3 is 14.2 Å². The molecule has 0 unspecified atom stereocenters. The van der Waals surface area contributed by atoms with E-state index in [4.69, 9.17) is 4.74 Å². The fourth-order valence-corrected chi connectivity index (χ4v) is 3.92. The van der Waals surface area contributed by atoms with Crippen molar-refractivity contribution in [1.82, 2.24) is 9.47 Å². The number of halogens is 2. The SMILES string of the molecule is COc1ccc(Cn2cc(C(=O)N3CCCCC3)c(=O)c3c(F)ccc(F)c32)cc1. The van der Waals surface area contributed by atoms with Crippen LogP contribution in [0, 0.1) is 11.6 Å². The minimum Gasteiger partial charge on any atom is -0.497 e. The van der Waals surface area contributed by atoms with E-state index in [2.05, 4.69) is 0 Å². The molecule has 0 spiro atoms. The minimum atomic E-state index is -0.840. The maximum Gasteiger partial charge on any atom is 0.259 e. The number of piperidine rings is 1. The highest BCUT2D eigenvalue weighted by atomic mass is 19.1. The molecular weight excluding hydrogens is 390 g/mol. The number of ether oxygens (including phenoxy) is 1. The Balaban J connectivity index is 1.86. The van der Waals surface area contributed by atoms with Crippen molar-refractivity contribution in [3.63, 3.8) is 0 Å². The van der Waals surface area contributed by atoms with Crippen molar-refractivity contribution in [3.05, 3.63) is 75.6 Å². The molecule has 0 N–H and O–H groups in total. The number of amides is 1. The Hall–Kier alpha value is -3.22. The first-order valence-corrected chi connectivity index (χ1v) is 9.93. The van der Waals surface area contributed by atoms with Gasteiger partial charge in [-0.05, 0) is 49.1 Å². The Kier molecular flexibility index (Phi) is 5.53. The molecule has 0 saturated carbocycles. The van der Waals surface area contributed by atoms with Gasteiger partial charge in [-0.2, -0.15) is 0 Å². The van der Waals surface area contributed by atoms with Gasteiger partial charge in [0, 0.05) is 25.8 Å². The summed E-state index contributed by atoms with van der Waals surface area (Å²) >= 11 is 0. The summed E-state index contributed by atoms with van der Waals surface area (Å²) in [6, 6.07) is 9.03. The third-order valence-corrected chi connectivity index (χ3v) is 5.51. The van der Waals surface area contributed by atoms with E-state index in [1.807, 2.05) is 0 Å². The summed E-state index contributed by atoms with van der Waals surface area (Å²) in [6.45, 7) is 1.28. The second-order valence-electron chi connectivity index (χ2n) is 7.45. The second-order valence-corrected chi connectivity index (χ2v) is 7.45. The largest absolute Gasteiger partial charge is 0.497 e. The van der Waals surface area contributed by atoms with Crippen molar-refractivity contribution in [2.45, 2.75) is 25.8 Å². The molecule has 7 heteroatoms. The van der Waals surface area contributed by atoms with Gasteiger partial charge in [0.05, 0.1) is 18.0 Å². The number of aromatic nitrogens is 1. The fraction of sp³-hybridized carbons (Fsp3) is 0.304. The number of benzene rings is 2. The van der Waals surface area contributed by atoms with Crippen molar-refractivity contribution < 1.29 is 18.3 Å². The van der Waals surface area contributed by atoms with Crippen LogP contribution in [0.2, 0.25) is 0 Å². The van der Waals surface area contributed by atoms with E-state index in [-0.39, 0.29) is 17.6 Å². The number of fused-ring (bicyclic) bond motifs is 1. The molecular formula is C23H22F2N2O3. The van der Waals surface area contributed by atoms with Gasteiger partial charge in [0.2, 0.25) is 5.43 Å². The van der Waals surface area contributed by atoms with Crippen molar-refractivity contribution in [1.29, 1.82) is 0 Å². The summed E-state index contributed by atoms with van der Waals surface area (Å²) in [5.74, 6) is -1.32. The number of hydrogen-bond acceptors (Lipinski definition) is 3. The molecule has 0 bridgehead atoms. The molecule has 2 heterocycles. The number of likely N-dealkylation sites (tertiary alicyclic amines) is 1. The van der Waals surface area contributed by atoms with E-state index in [9.17, 15) is 18.4 Å². The molecule has 2 aromatic carbocycles. The Morgan fingerprint density at radius 3 is 2.33 bits per heavy atom. The standard InChI is InChI=1S/C23H22F2N2O3/c1-30-16-7-5-15(6-8-16)13-27-14-17(23(29)26-11-3-2-4-12-26)22(28)20-18(24)9-10-19(25)21(20)27/h5-10,14H,2-4,11-13H2,1H3. The average molecular weight is 412 g/mol. The van der Waals surface area contributed by atoms with Crippen LogP contribution in [0.1, 0.15) is 35.2 Å². The smallest absolute Gasteiger partial charge is 0.259 e. The number of nitrogens with zero attached hydrogens (tertiary/aromatic N) is 2. The molecule has 1 fully saturated rings. The van der Waals surface area contributed by atoms with Crippen molar-refractivity contribution >= 4 is 16.8 Å². The lowest BCUT2D eigenvalue weighted by molar-refractivity contribution is 0.0722. The highest BCUT2D eigenvalue weighted by molar-refractivity contribution is 5.97. The zero-order valence-electron chi connectivity index (χ0n) is 16.7. The Morgan fingerprint density at radius 1 is 1.00 bits per heavy atom. The van der Waals surface area contributed by atoms with Gasteiger partial charge in [-0.1, -0.05) is 12.1 Å². The number of pyridine rings is 1. The normalized spacial score (nSPS) is 14.2. The topological polar surface area (TPSA) is 51.5 Å². The third kappa shape index (κ3) is 3.67. The van der Waals surface area contributed by atoms with E-state index in [0.717, 1.165) is 37.0 Å². The van der Waals surface area contributed by atoms with Gasteiger partial charge in [-0.3, -0.25) is 9.59 Å². The Labute approximate surface area is 172 Å². The van der Waals surface area contributed by atoms with Crippen LogP contribution in [0.15, 0.2) is 47.4 Å². The predicted molar refractivity (Wildman–Crippen MR) is 110 cm³/mol. The van der Waals surface area contributed by atoms with Crippen LogP contribution in [-0.4, -0.2) is 35.6 Å². The van der Waals surface area contributed by atoms with Crippen LogP contribution in [0.3, 0.4) is 0 Å². The predicted octanol–water partition coefficient (Wildman–Crippen LogP) is 3.96. The quantitative estimate of drug-likeness (QED) is 0.652. The third-order valence-electron chi connectivity index (χ3n) is 5.51. The Bertz CT molecular complexity index is 1150. The van der Waals surface area contributed by atoms with E-state index in [1.54, 1.807) is 36.3 Å². The fourth-order valence-electron chi connectivity index (χ4n) is 3.92. The molecule has 5 nitrogen and oxygen atoms in total. The molecule has 3 aromatic rings. The minimum absolute atomic E-state index is 0.137. The molecule has 0 aliphatic carbocycles. The molecule has 1 aliphatic rings. The zero-order valence-corrected chi connectivity index (χ0v) is 16.7. The van der Waals surface area contributed by atoms with Crippen LogP contribution in [0.25, 0.3) is 10.9 Å². The molecule has 1 saturated heterocycles. The van der Waals surface area contributed by atoms with Crippen molar-refractivity contribution in [2.75, 3.05) is 20.2 Å². The van der Waals surface area contributed by atoms with E-state index in [0.29, 0.717) is 18.8 Å². The van der Waals surface area contributed by atoms with Crippen LogP contribution < -0.4 is 10.2 Å². The van der Waals surface area contributed by atoms with E-state index in [1.165, 1.54) is 10.8 Å². The maximum atomic E-state index is 14.7. The Morgan fingerprint density at radius 2 is 1.67 bits per heavy atom. The maximum absolute atomic E-state index is 14.7. The number of rotatable bonds is 4. The lowest BCUT2D eigenvalue weighted by Crippen LogP contribution is -2.38. The molecule has 1 aliphatic heterocycles. The van der Waals surface area contributed by atoms with E-state index < -0.39 is 28.4 Å². The first-order valence-electron chi connectivity index (χ1n) is 9.93. The summed E-state index contributed by atoms with van der Waals surface area (Å²) < 4.78 is 35.9. The first-order chi connectivity index (χ1) is 14.5. The summed E-state index contributed by atoms with van der Waals surface area (Å²) in [5.41, 5.74) is -0.266. The zero-order chi connectivity index (χ0) is 21.3. The van der Waals surface area contributed by atoms with Crippen LogP contribution in [-0.2, 0) is 6.54 Å². The molecule has 1 amide bonds. The summed E-state index contributed by atoms with van der Waals surface area (Å²) in [5, 5.41) is -0.397. The molecule has 30 heavy (non-hydrogen) atoms.